The van der Waals surface area contributed by atoms with Gasteiger partial charge in [-0.15, -0.1) is 0 Å². The van der Waals surface area contributed by atoms with E-state index in [1.54, 1.807) is 0 Å². The lowest BCUT2D eigenvalue weighted by molar-refractivity contribution is -0.180. The number of benzene rings is 3. The van der Waals surface area contributed by atoms with E-state index in [1.807, 2.05) is 68.4 Å². The Hall–Kier alpha value is -3.18. The average molecular weight is 531 g/mol. The molecular formula is C31H31O6P. The summed E-state index contributed by atoms with van der Waals surface area (Å²) in [6, 6.07) is 30.9. The van der Waals surface area contributed by atoms with Gasteiger partial charge < -0.3 is 18.9 Å². The van der Waals surface area contributed by atoms with Gasteiger partial charge in [-0.2, -0.15) is 0 Å². The van der Waals surface area contributed by atoms with Crippen molar-refractivity contribution in [3.8, 4) is 0 Å². The summed E-state index contributed by atoms with van der Waals surface area (Å²) in [5, 5.41) is 3.42. The zero-order valence-electron chi connectivity index (χ0n) is 21.5. The maximum atomic E-state index is 13.5. The maximum Gasteiger partial charge on any atom is 0.351 e. The van der Waals surface area contributed by atoms with E-state index < -0.39 is 36.3 Å². The van der Waals surface area contributed by atoms with Crippen LogP contribution in [0, 0.1) is 0 Å². The van der Waals surface area contributed by atoms with Crippen LogP contribution in [0.1, 0.15) is 33.1 Å². The molecule has 2 aliphatic heterocycles. The molecule has 2 heterocycles. The van der Waals surface area contributed by atoms with Crippen molar-refractivity contribution in [3.05, 3.63) is 91.0 Å². The summed E-state index contributed by atoms with van der Waals surface area (Å²) in [4.78, 5) is 26.4. The predicted octanol–water partition coefficient (Wildman–Crippen LogP) is 3.69. The van der Waals surface area contributed by atoms with E-state index in [9.17, 15) is 9.59 Å². The van der Waals surface area contributed by atoms with Crippen molar-refractivity contribution in [1.29, 1.82) is 0 Å². The van der Waals surface area contributed by atoms with Crippen LogP contribution in [-0.2, 0) is 28.5 Å². The van der Waals surface area contributed by atoms with E-state index in [0.29, 0.717) is 0 Å². The largest absolute Gasteiger partial charge is 0.456 e. The Bertz CT molecular complexity index is 1280. The molecule has 7 heteroatoms. The molecule has 3 aromatic carbocycles. The average Bonchev–Trinajstić information content (AvgIpc) is 3.38. The van der Waals surface area contributed by atoms with E-state index in [0.717, 1.165) is 15.9 Å². The molecule has 0 radical (unpaired) electrons. The van der Waals surface area contributed by atoms with Gasteiger partial charge in [-0.05, 0) is 36.6 Å². The number of esters is 2. The number of carbonyl (C=O) groups is 2. The number of hydrogen-bond donors (Lipinski definition) is 0. The van der Waals surface area contributed by atoms with Crippen LogP contribution in [-0.4, -0.2) is 47.4 Å². The molecule has 3 aliphatic rings. The van der Waals surface area contributed by atoms with Crippen LogP contribution in [0.5, 0.6) is 0 Å². The van der Waals surface area contributed by atoms with Gasteiger partial charge in [0.1, 0.15) is 12.2 Å². The van der Waals surface area contributed by atoms with Crippen LogP contribution in [0.3, 0.4) is 0 Å². The van der Waals surface area contributed by atoms with Gasteiger partial charge in [0.25, 0.3) is 0 Å². The van der Waals surface area contributed by atoms with Crippen molar-refractivity contribution in [2.45, 2.75) is 62.8 Å². The predicted molar refractivity (Wildman–Crippen MR) is 148 cm³/mol. The fourth-order valence-electron chi connectivity index (χ4n) is 6.05. The molecule has 0 spiro atoms. The second-order valence-electron chi connectivity index (χ2n) is 10.6. The molecule has 2 saturated heterocycles. The monoisotopic (exact) mass is 530 g/mol. The molecule has 4 atom stereocenters. The summed E-state index contributed by atoms with van der Waals surface area (Å²) in [6.45, 7) is 1.37. The zero-order valence-corrected chi connectivity index (χ0v) is 22.4. The Kier molecular flexibility index (Phi) is 6.30. The molecule has 0 N–H and O–H groups in total. The van der Waals surface area contributed by atoms with E-state index in [1.165, 1.54) is 0 Å². The molecule has 1 aliphatic carbocycles. The van der Waals surface area contributed by atoms with Crippen LogP contribution < -0.4 is 15.9 Å². The second kappa shape index (κ2) is 9.53. The van der Waals surface area contributed by atoms with Crippen LogP contribution >= 0.6 is 6.89 Å². The molecule has 6 rings (SSSR count). The summed E-state index contributed by atoms with van der Waals surface area (Å²) < 4.78 is 23.6. The first-order chi connectivity index (χ1) is 18.3. The van der Waals surface area contributed by atoms with E-state index >= 15 is 0 Å². The summed E-state index contributed by atoms with van der Waals surface area (Å²) in [6.07, 6.45) is -0.626. The summed E-state index contributed by atoms with van der Waals surface area (Å²) >= 11 is 0. The second-order valence-corrected chi connectivity index (χ2v) is 13.9. The third kappa shape index (κ3) is 4.31. The lowest BCUT2D eigenvalue weighted by Crippen LogP contribution is -2.49. The Morgan fingerprint density at radius 3 is 1.87 bits per heavy atom. The maximum absolute atomic E-state index is 13.5. The minimum Gasteiger partial charge on any atom is -0.456 e. The van der Waals surface area contributed by atoms with Crippen LogP contribution in [0.4, 0.5) is 0 Å². The Morgan fingerprint density at radius 1 is 0.842 bits per heavy atom. The number of fused-ring (bicyclic) bond motifs is 4. The molecule has 1 saturated carbocycles. The SMILES string of the molecule is CC1(C)OC2[C@H]3C[C@@](OC(=O)CC=P(c4ccccc4)(c4ccccc4)c4ccccc4)(C[C@H]2O1)C(=O)O3. The fraction of sp³-hybridized carbons (Fsp3) is 0.323. The number of hydrogen-bond acceptors (Lipinski definition) is 6. The highest BCUT2D eigenvalue weighted by molar-refractivity contribution is 7.94. The van der Waals surface area contributed by atoms with Gasteiger partial charge in [0.05, 0.1) is 12.5 Å². The Labute approximate surface area is 222 Å². The van der Waals surface area contributed by atoms with E-state index in [4.69, 9.17) is 18.9 Å². The minimum absolute atomic E-state index is 0.0447. The smallest absolute Gasteiger partial charge is 0.351 e. The van der Waals surface area contributed by atoms with Gasteiger partial charge in [0.15, 0.2) is 5.79 Å². The first-order valence-corrected chi connectivity index (χ1v) is 14.9. The fourth-order valence-corrected chi connectivity index (χ4v) is 9.93. The minimum atomic E-state index is -2.32. The van der Waals surface area contributed by atoms with Crippen molar-refractivity contribution in [2.75, 3.05) is 0 Å². The molecule has 3 fully saturated rings. The number of rotatable bonds is 6. The van der Waals surface area contributed by atoms with E-state index in [-0.39, 0.29) is 31.5 Å². The van der Waals surface area contributed by atoms with Gasteiger partial charge in [0, 0.05) is 12.8 Å². The van der Waals surface area contributed by atoms with Gasteiger partial charge >= 0.3 is 11.9 Å². The normalized spacial score (nSPS) is 27.3. The molecule has 2 bridgehead atoms. The first-order valence-electron chi connectivity index (χ1n) is 13.0. The quantitative estimate of drug-likeness (QED) is 0.358. The molecule has 0 aromatic heterocycles. The van der Waals surface area contributed by atoms with Crippen LogP contribution in [0.25, 0.3) is 0 Å². The molecule has 1 unspecified atom stereocenters. The van der Waals surface area contributed by atoms with Crippen LogP contribution in [0.15, 0.2) is 91.0 Å². The summed E-state index contributed by atoms with van der Waals surface area (Å²) in [5.74, 6) is 0.376. The summed E-state index contributed by atoms with van der Waals surface area (Å²) in [5.41, 5.74) is -1.34. The van der Waals surface area contributed by atoms with Crippen molar-refractivity contribution in [2.24, 2.45) is 0 Å². The molecule has 196 valence electrons. The third-order valence-electron chi connectivity index (χ3n) is 7.61. The van der Waals surface area contributed by atoms with Crippen molar-refractivity contribution < 1.29 is 28.5 Å². The molecule has 38 heavy (non-hydrogen) atoms. The van der Waals surface area contributed by atoms with Crippen molar-refractivity contribution in [1.82, 2.24) is 0 Å². The highest BCUT2D eigenvalue weighted by atomic mass is 31.2. The molecular weight excluding hydrogens is 499 g/mol. The van der Waals surface area contributed by atoms with E-state index in [2.05, 4.69) is 42.2 Å². The molecule has 3 aromatic rings. The zero-order chi connectivity index (χ0) is 26.4. The van der Waals surface area contributed by atoms with Crippen molar-refractivity contribution >= 4 is 40.5 Å². The lowest BCUT2D eigenvalue weighted by Gasteiger charge is -2.33. The highest BCUT2D eigenvalue weighted by Gasteiger charge is 2.65. The summed E-state index contributed by atoms with van der Waals surface area (Å²) in [7, 11) is 0. The lowest BCUT2D eigenvalue weighted by atomic mass is 9.82. The number of ether oxygens (including phenoxy) is 4. The highest BCUT2D eigenvalue weighted by Crippen LogP contribution is 2.48. The first kappa shape index (κ1) is 25.1. The van der Waals surface area contributed by atoms with Crippen molar-refractivity contribution in [3.63, 3.8) is 0 Å². The number of carbonyl (C=O) groups excluding carboxylic acids is 2. The Morgan fingerprint density at radius 2 is 1.34 bits per heavy atom. The standard InChI is InChI=1S/C31H31O6P/c1-30(2)35-26-21-31(20-25(28(26)37-30)34-29(31)33)36-27(32)18-19-38(22-12-6-3-7-13-22,23-14-8-4-9-15-23)24-16-10-5-11-17-24/h3-17,19,25-26,28H,18,20-21H2,1-2H3/t25-,26-,28?,31-/m1/s1. The van der Waals surface area contributed by atoms with Gasteiger partial charge in [-0.25, -0.2) is 4.79 Å². The topological polar surface area (TPSA) is 71.1 Å². The van der Waals surface area contributed by atoms with Crippen LogP contribution in [0.2, 0.25) is 0 Å². The van der Waals surface area contributed by atoms with Gasteiger partial charge in [-0.3, -0.25) is 4.79 Å². The molecule has 6 nitrogen and oxygen atoms in total. The molecule has 0 amide bonds. The van der Waals surface area contributed by atoms with Gasteiger partial charge in [0.2, 0.25) is 5.60 Å². The Balaban J connectivity index is 1.36. The van der Waals surface area contributed by atoms with Gasteiger partial charge in [-0.1, -0.05) is 96.8 Å². The third-order valence-corrected chi connectivity index (χ3v) is 11.7.